The van der Waals surface area contributed by atoms with Crippen molar-refractivity contribution >= 4 is 17.8 Å². The van der Waals surface area contributed by atoms with E-state index in [-0.39, 0.29) is 5.56 Å². The van der Waals surface area contributed by atoms with E-state index in [1.165, 1.54) is 14.0 Å². The predicted octanol–water partition coefficient (Wildman–Crippen LogP) is 1.70. The normalized spacial score (nSPS) is 16.2. The van der Waals surface area contributed by atoms with Crippen molar-refractivity contribution < 1.29 is 23.9 Å². The number of esters is 1. The molecule has 0 heterocycles. The molecule has 2 N–H and O–H groups in total. The van der Waals surface area contributed by atoms with Gasteiger partial charge in [-0.05, 0) is 31.9 Å². The van der Waals surface area contributed by atoms with Crippen LogP contribution in [0, 0.1) is 11.3 Å². The molecule has 28 heavy (non-hydrogen) atoms. The van der Waals surface area contributed by atoms with Crippen molar-refractivity contribution in [3.63, 3.8) is 0 Å². The Hall–Kier alpha value is -3.08. The molecule has 1 aromatic carbocycles. The van der Waals surface area contributed by atoms with Crippen LogP contribution in [0.4, 0.5) is 0 Å². The number of ether oxygens (including phenoxy) is 2. The van der Waals surface area contributed by atoms with E-state index >= 15 is 0 Å². The first-order chi connectivity index (χ1) is 13.4. The summed E-state index contributed by atoms with van der Waals surface area (Å²) in [6, 6.07) is 8.80. The highest BCUT2D eigenvalue weighted by molar-refractivity contribution is 5.98. The molecule has 2 amide bonds. The van der Waals surface area contributed by atoms with E-state index in [1.807, 2.05) is 0 Å². The van der Waals surface area contributed by atoms with Gasteiger partial charge in [0.05, 0.1) is 18.7 Å². The minimum Gasteiger partial charge on any atom is -0.496 e. The zero-order valence-electron chi connectivity index (χ0n) is 16.1. The number of nitrogens with one attached hydrogen (secondary N) is 2. The van der Waals surface area contributed by atoms with E-state index in [0.717, 1.165) is 19.3 Å². The lowest BCUT2D eigenvalue weighted by molar-refractivity contribution is -0.154. The molecule has 8 nitrogen and oxygen atoms in total. The maximum Gasteiger partial charge on any atom is 0.326 e. The number of rotatable bonds is 7. The lowest BCUT2D eigenvalue weighted by atomic mass is 9.83. The van der Waals surface area contributed by atoms with Gasteiger partial charge in [-0.1, -0.05) is 31.4 Å². The second kappa shape index (κ2) is 9.74. The molecule has 0 saturated heterocycles. The van der Waals surface area contributed by atoms with Crippen LogP contribution in [-0.2, 0) is 14.3 Å². The number of carbonyl (C=O) groups excluding carboxylic acids is 3. The highest BCUT2D eigenvalue weighted by atomic mass is 16.5. The summed E-state index contributed by atoms with van der Waals surface area (Å²) in [6.07, 6.45) is 2.89. The molecule has 0 aromatic heterocycles. The van der Waals surface area contributed by atoms with Gasteiger partial charge in [-0.3, -0.25) is 14.4 Å². The van der Waals surface area contributed by atoms with Crippen molar-refractivity contribution in [1.29, 1.82) is 5.26 Å². The van der Waals surface area contributed by atoms with Crippen molar-refractivity contribution in [2.24, 2.45) is 0 Å². The van der Waals surface area contributed by atoms with Crippen LogP contribution in [0.15, 0.2) is 24.3 Å². The second-order valence-corrected chi connectivity index (χ2v) is 6.76. The largest absolute Gasteiger partial charge is 0.496 e. The number of hydrogen-bond acceptors (Lipinski definition) is 6. The van der Waals surface area contributed by atoms with Crippen molar-refractivity contribution in [2.45, 2.75) is 50.7 Å². The highest BCUT2D eigenvalue weighted by Gasteiger charge is 2.35. The quantitative estimate of drug-likeness (QED) is 0.688. The number of hydrogen-bond donors (Lipinski definition) is 2. The maximum absolute atomic E-state index is 12.3. The number of para-hydroxylation sites is 1. The number of carbonyl (C=O) groups is 3. The summed E-state index contributed by atoms with van der Waals surface area (Å²) in [7, 11) is 1.45. The van der Waals surface area contributed by atoms with Crippen LogP contribution in [-0.4, -0.2) is 43.1 Å². The molecule has 150 valence electrons. The Morgan fingerprint density at radius 3 is 2.54 bits per heavy atom. The van der Waals surface area contributed by atoms with Crippen molar-refractivity contribution in [2.75, 3.05) is 13.7 Å². The van der Waals surface area contributed by atoms with E-state index in [4.69, 9.17) is 9.47 Å². The van der Waals surface area contributed by atoms with Crippen molar-refractivity contribution in [1.82, 2.24) is 10.6 Å². The van der Waals surface area contributed by atoms with Crippen LogP contribution in [0.25, 0.3) is 0 Å². The molecule has 8 heteroatoms. The lowest BCUT2D eigenvalue weighted by Gasteiger charge is -2.32. The Morgan fingerprint density at radius 2 is 1.89 bits per heavy atom. The molecular weight excluding hydrogens is 362 g/mol. The Bertz CT molecular complexity index is 765. The first kappa shape index (κ1) is 21.2. The molecule has 0 radical (unpaired) electrons. The van der Waals surface area contributed by atoms with Crippen LogP contribution >= 0.6 is 0 Å². The summed E-state index contributed by atoms with van der Waals surface area (Å²) in [5, 5.41) is 14.6. The van der Waals surface area contributed by atoms with Crippen LogP contribution in [0.1, 0.15) is 49.4 Å². The molecule has 1 saturated carbocycles. The van der Waals surface area contributed by atoms with Crippen molar-refractivity contribution in [3.8, 4) is 11.8 Å². The smallest absolute Gasteiger partial charge is 0.326 e. The standard InChI is InChI=1S/C20H25N3O5/c1-14(18(25)23-20(13-21)10-6-3-7-11-20)28-17(24)12-22-19(26)15-8-4-5-9-16(15)27-2/h4-5,8-9,14H,3,6-7,10-12H2,1-2H3,(H,22,26)(H,23,25)/t14-/m0/s1. The molecule has 1 aromatic rings. The number of nitrogens with zero attached hydrogens (tertiary/aromatic N) is 1. The molecule has 1 fully saturated rings. The minimum atomic E-state index is -1.07. The highest BCUT2D eigenvalue weighted by Crippen LogP contribution is 2.27. The SMILES string of the molecule is COc1ccccc1C(=O)NCC(=O)O[C@@H](C)C(=O)NC1(C#N)CCCCC1. The van der Waals surface area contributed by atoms with E-state index < -0.39 is 36.0 Å². The summed E-state index contributed by atoms with van der Waals surface area (Å²) in [5.74, 6) is -1.37. The Kier molecular flexibility index (Phi) is 7.38. The Morgan fingerprint density at radius 1 is 1.21 bits per heavy atom. The van der Waals surface area contributed by atoms with E-state index in [2.05, 4.69) is 16.7 Å². The number of methoxy groups -OCH3 is 1. The molecule has 1 aliphatic carbocycles. The topological polar surface area (TPSA) is 118 Å². The van der Waals surface area contributed by atoms with Gasteiger partial charge in [0.15, 0.2) is 6.10 Å². The predicted molar refractivity (Wildman–Crippen MR) is 100 cm³/mol. The monoisotopic (exact) mass is 387 g/mol. The van der Waals surface area contributed by atoms with Gasteiger partial charge in [-0.2, -0.15) is 5.26 Å². The molecule has 1 aliphatic rings. The van der Waals surface area contributed by atoms with Crippen molar-refractivity contribution in [3.05, 3.63) is 29.8 Å². The zero-order valence-corrected chi connectivity index (χ0v) is 16.1. The maximum atomic E-state index is 12.3. The summed E-state index contributed by atoms with van der Waals surface area (Å²) in [4.78, 5) is 36.5. The minimum absolute atomic E-state index is 0.289. The molecule has 1 atom stereocenters. The Balaban J connectivity index is 1.84. The summed E-state index contributed by atoms with van der Waals surface area (Å²) in [5.41, 5.74) is -0.606. The van der Waals surface area contributed by atoms with Gasteiger partial charge in [0, 0.05) is 0 Å². The first-order valence-electron chi connectivity index (χ1n) is 9.25. The third-order valence-electron chi connectivity index (χ3n) is 4.71. The average molecular weight is 387 g/mol. The Labute approximate surface area is 164 Å². The summed E-state index contributed by atoms with van der Waals surface area (Å²) >= 11 is 0. The number of benzene rings is 1. The first-order valence-corrected chi connectivity index (χ1v) is 9.25. The van der Waals surface area contributed by atoms with Gasteiger partial charge in [-0.15, -0.1) is 0 Å². The van der Waals surface area contributed by atoms with Gasteiger partial charge < -0.3 is 20.1 Å². The van der Waals surface area contributed by atoms with Crippen LogP contribution in [0.2, 0.25) is 0 Å². The van der Waals surface area contributed by atoms with Crippen LogP contribution in [0.5, 0.6) is 5.75 Å². The fourth-order valence-corrected chi connectivity index (χ4v) is 3.13. The lowest BCUT2D eigenvalue weighted by Crippen LogP contribution is -2.52. The average Bonchev–Trinajstić information content (AvgIpc) is 2.72. The zero-order chi connectivity index (χ0) is 20.6. The van der Waals surface area contributed by atoms with Gasteiger partial charge in [0.2, 0.25) is 0 Å². The van der Waals surface area contributed by atoms with Gasteiger partial charge in [0.1, 0.15) is 17.8 Å². The summed E-state index contributed by atoms with van der Waals surface area (Å²) < 4.78 is 10.2. The van der Waals surface area contributed by atoms with Gasteiger partial charge in [0.25, 0.3) is 11.8 Å². The third-order valence-corrected chi connectivity index (χ3v) is 4.71. The fourth-order valence-electron chi connectivity index (χ4n) is 3.13. The molecule has 2 rings (SSSR count). The number of amides is 2. The summed E-state index contributed by atoms with van der Waals surface area (Å²) in [6.45, 7) is 1.04. The molecule has 0 spiro atoms. The second-order valence-electron chi connectivity index (χ2n) is 6.76. The van der Waals surface area contributed by atoms with E-state index in [1.54, 1.807) is 24.3 Å². The molecule has 0 unspecified atom stereocenters. The fraction of sp³-hybridized carbons (Fsp3) is 0.500. The molecule has 0 bridgehead atoms. The van der Waals surface area contributed by atoms with Crippen LogP contribution in [0.3, 0.4) is 0 Å². The van der Waals surface area contributed by atoms with Gasteiger partial charge in [-0.25, -0.2) is 0 Å². The number of nitriles is 1. The van der Waals surface area contributed by atoms with E-state index in [0.29, 0.717) is 18.6 Å². The van der Waals surface area contributed by atoms with Crippen LogP contribution < -0.4 is 15.4 Å². The molecular formula is C20H25N3O5. The molecule has 0 aliphatic heterocycles. The third kappa shape index (κ3) is 5.46. The van der Waals surface area contributed by atoms with Gasteiger partial charge >= 0.3 is 5.97 Å². The van der Waals surface area contributed by atoms with E-state index in [9.17, 15) is 19.6 Å².